The van der Waals surface area contributed by atoms with Gasteiger partial charge in [0.2, 0.25) is 0 Å². The molecule has 1 fully saturated rings. The number of rotatable bonds is 7. The van der Waals surface area contributed by atoms with Crippen molar-refractivity contribution >= 4 is 5.97 Å². The molecule has 1 atom stereocenters. The fourth-order valence-electron chi connectivity index (χ4n) is 2.22. The SMILES string of the molecule is CCCC(C(=O)O)N(CC)CC1CCC1. The second kappa shape index (κ2) is 6.11. The van der Waals surface area contributed by atoms with Gasteiger partial charge in [0.15, 0.2) is 0 Å². The van der Waals surface area contributed by atoms with E-state index < -0.39 is 5.97 Å². The van der Waals surface area contributed by atoms with Gasteiger partial charge in [-0.15, -0.1) is 0 Å². The molecule has 1 aliphatic rings. The third-order valence-electron chi connectivity index (χ3n) is 3.41. The molecule has 1 N–H and O–H groups in total. The fourth-order valence-corrected chi connectivity index (χ4v) is 2.22. The summed E-state index contributed by atoms with van der Waals surface area (Å²) in [6.07, 6.45) is 5.62. The number of carboxylic acid groups (broad SMARTS) is 1. The summed E-state index contributed by atoms with van der Waals surface area (Å²) >= 11 is 0. The van der Waals surface area contributed by atoms with Crippen LogP contribution in [0.25, 0.3) is 0 Å². The highest BCUT2D eigenvalue weighted by Gasteiger charge is 2.27. The Bertz CT molecular complexity index is 202. The van der Waals surface area contributed by atoms with Crippen LogP contribution in [0.2, 0.25) is 0 Å². The van der Waals surface area contributed by atoms with E-state index in [9.17, 15) is 4.79 Å². The van der Waals surface area contributed by atoms with E-state index in [4.69, 9.17) is 5.11 Å². The van der Waals surface area contributed by atoms with E-state index in [1.807, 2.05) is 6.92 Å². The lowest BCUT2D eigenvalue weighted by molar-refractivity contribution is -0.144. The number of nitrogens with zero attached hydrogens (tertiary/aromatic N) is 1. The van der Waals surface area contributed by atoms with Gasteiger partial charge in [-0.2, -0.15) is 0 Å². The van der Waals surface area contributed by atoms with Crippen molar-refractivity contribution in [3.8, 4) is 0 Å². The minimum Gasteiger partial charge on any atom is -0.480 e. The van der Waals surface area contributed by atoms with Gasteiger partial charge in [0.05, 0.1) is 0 Å². The number of carbonyl (C=O) groups is 1. The van der Waals surface area contributed by atoms with Gasteiger partial charge in [0.25, 0.3) is 0 Å². The molecule has 0 radical (unpaired) electrons. The van der Waals surface area contributed by atoms with Crippen LogP contribution < -0.4 is 0 Å². The van der Waals surface area contributed by atoms with Crippen molar-refractivity contribution in [1.29, 1.82) is 0 Å². The zero-order valence-corrected chi connectivity index (χ0v) is 9.91. The highest BCUT2D eigenvalue weighted by Crippen LogP contribution is 2.28. The Balaban J connectivity index is 2.47. The lowest BCUT2D eigenvalue weighted by atomic mass is 9.84. The first-order valence-corrected chi connectivity index (χ1v) is 6.15. The zero-order valence-electron chi connectivity index (χ0n) is 9.91. The zero-order chi connectivity index (χ0) is 11.3. The predicted molar refractivity (Wildman–Crippen MR) is 60.9 cm³/mol. The minimum absolute atomic E-state index is 0.263. The van der Waals surface area contributed by atoms with Crippen LogP contribution in [0.15, 0.2) is 0 Å². The van der Waals surface area contributed by atoms with Gasteiger partial charge in [-0.1, -0.05) is 26.7 Å². The fraction of sp³-hybridized carbons (Fsp3) is 0.917. The Labute approximate surface area is 92.5 Å². The first-order valence-electron chi connectivity index (χ1n) is 6.15. The van der Waals surface area contributed by atoms with Gasteiger partial charge in [-0.3, -0.25) is 9.69 Å². The molecule has 0 aromatic rings. The molecule has 0 spiro atoms. The molecule has 0 aromatic carbocycles. The van der Waals surface area contributed by atoms with Gasteiger partial charge in [-0.25, -0.2) is 0 Å². The molecule has 15 heavy (non-hydrogen) atoms. The first kappa shape index (κ1) is 12.5. The quantitative estimate of drug-likeness (QED) is 0.705. The molecule has 3 heteroatoms. The van der Waals surface area contributed by atoms with Crippen molar-refractivity contribution < 1.29 is 9.90 Å². The minimum atomic E-state index is -0.655. The Morgan fingerprint density at radius 1 is 1.47 bits per heavy atom. The number of hydrogen-bond acceptors (Lipinski definition) is 2. The smallest absolute Gasteiger partial charge is 0.320 e. The van der Waals surface area contributed by atoms with E-state index in [1.165, 1.54) is 19.3 Å². The lowest BCUT2D eigenvalue weighted by Gasteiger charge is -2.34. The summed E-state index contributed by atoms with van der Waals surface area (Å²) in [5.41, 5.74) is 0. The first-order chi connectivity index (χ1) is 7.19. The Morgan fingerprint density at radius 2 is 2.13 bits per heavy atom. The van der Waals surface area contributed by atoms with E-state index in [0.29, 0.717) is 0 Å². The Morgan fingerprint density at radius 3 is 2.47 bits per heavy atom. The second-order valence-electron chi connectivity index (χ2n) is 4.53. The van der Waals surface area contributed by atoms with Crippen molar-refractivity contribution in [1.82, 2.24) is 4.90 Å². The molecule has 0 aromatic heterocycles. The monoisotopic (exact) mass is 213 g/mol. The normalized spacial score (nSPS) is 18.9. The van der Waals surface area contributed by atoms with Crippen LogP contribution in [0.4, 0.5) is 0 Å². The molecule has 0 aliphatic heterocycles. The second-order valence-corrected chi connectivity index (χ2v) is 4.53. The van der Waals surface area contributed by atoms with Crippen molar-refractivity contribution in [2.24, 2.45) is 5.92 Å². The maximum Gasteiger partial charge on any atom is 0.320 e. The van der Waals surface area contributed by atoms with E-state index >= 15 is 0 Å². The molecule has 88 valence electrons. The highest BCUT2D eigenvalue weighted by molar-refractivity contribution is 5.73. The maximum absolute atomic E-state index is 11.1. The van der Waals surface area contributed by atoms with Gasteiger partial charge < -0.3 is 5.11 Å². The standard InChI is InChI=1S/C12H23NO2/c1-3-6-11(12(14)15)13(4-2)9-10-7-5-8-10/h10-11H,3-9H2,1-2H3,(H,14,15). The van der Waals surface area contributed by atoms with Crippen LogP contribution in [0, 0.1) is 5.92 Å². The predicted octanol–water partition coefficient (Wildman–Crippen LogP) is 2.36. The van der Waals surface area contributed by atoms with Crippen LogP contribution in [-0.2, 0) is 4.79 Å². The maximum atomic E-state index is 11.1. The van der Waals surface area contributed by atoms with E-state index in [2.05, 4.69) is 11.8 Å². The molecule has 0 heterocycles. The number of likely N-dealkylation sites (N-methyl/N-ethyl adjacent to an activating group) is 1. The van der Waals surface area contributed by atoms with Crippen LogP contribution in [0.1, 0.15) is 46.0 Å². The summed E-state index contributed by atoms with van der Waals surface area (Å²) < 4.78 is 0. The summed E-state index contributed by atoms with van der Waals surface area (Å²) in [6, 6.07) is -0.263. The summed E-state index contributed by atoms with van der Waals surface area (Å²) in [4.78, 5) is 13.3. The summed E-state index contributed by atoms with van der Waals surface area (Å²) in [5.74, 6) is 0.0988. The van der Waals surface area contributed by atoms with Crippen molar-refractivity contribution in [3.63, 3.8) is 0 Å². The topological polar surface area (TPSA) is 40.5 Å². The number of aliphatic carboxylic acids is 1. The number of carboxylic acids is 1. The molecule has 0 bridgehead atoms. The Kier molecular flexibility index (Phi) is 5.09. The molecule has 1 saturated carbocycles. The molecule has 1 unspecified atom stereocenters. The van der Waals surface area contributed by atoms with Gasteiger partial charge in [0.1, 0.15) is 6.04 Å². The highest BCUT2D eigenvalue weighted by atomic mass is 16.4. The third-order valence-corrected chi connectivity index (χ3v) is 3.41. The number of hydrogen-bond donors (Lipinski definition) is 1. The summed E-state index contributed by atoms with van der Waals surface area (Å²) in [6.45, 7) is 5.94. The molecule has 3 nitrogen and oxygen atoms in total. The van der Waals surface area contributed by atoms with Crippen molar-refractivity contribution in [2.75, 3.05) is 13.1 Å². The van der Waals surface area contributed by atoms with E-state index in [-0.39, 0.29) is 6.04 Å². The third kappa shape index (κ3) is 3.49. The summed E-state index contributed by atoms with van der Waals surface area (Å²) in [5, 5.41) is 9.17. The summed E-state index contributed by atoms with van der Waals surface area (Å²) in [7, 11) is 0. The Hall–Kier alpha value is -0.570. The van der Waals surface area contributed by atoms with Crippen LogP contribution in [0.3, 0.4) is 0 Å². The largest absolute Gasteiger partial charge is 0.480 e. The molecular formula is C12H23NO2. The van der Waals surface area contributed by atoms with Crippen molar-refractivity contribution in [2.45, 2.75) is 52.0 Å². The van der Waals surface area contributed by atoms with E-state index in [0.717, 1.165) is 31.8 Å². The van der Waals surface area contributed by atoms with Crippen molar-refractivity contribution in [3.05, 3.63) is 0 Å². The lowest BCUT2D eigenvalue weighted by Crippen LogP contribution is -2.44. The average molecular weight is 213 g/mol. The van der Waals surface area contributed by atoms with Gasteiger partial charge in [0, 0.05) is 6.54 Å². The molecule has 1 rings (SSSR count). The molecule has 0 amide bonds. The molecule has 0 saturated heterocycles. The molecular weight excluding hydrogens is 190 g/mol. The van der Waals surface area contributed by atoms with Crippen LogP contribution >= 0.6 is 0 Å². The van der Waals surface area contributed by atoms with E-state index in [1.54, 1.807) is 0 Å². The molecule has 1 aliphatic carbocycles. The van der Waals surface area contributed by atoms with Gasteiger partial charge >= 0.3 is 5.97 Å². The van der Waals surface area contributed by atoms with Crippen LogP contribution in [-0.4, -0.2) is 35.1 Å². The average Bonchev–Trinajstić information content (AvgIpc) is 2.14. The van der Waals surface area contributed by atoms with Crippen LogP contribution in [0.5, 0.6) is 0 Å². The van der Waals surface area contributed by atoms with Gasteiger partial charge in [-0.05, 0) is 31.7 Å².